The normalized spacial score (nSPS) is 30.0. The van der Waals surface area contributed by atoms with Crippen LogP contribution in [-0.2, 0) is 23.8 Å². The number of nitrogens with one attached hydrogen (secondary N) is 1. The molecule has 0 radical (unpaired) electrons. The van der Waals surface area contributed by atoms with E-state index in [4.69, 9.17) is 13.7 Å². The van der Waals surface area contributed by atoms with Gasteiger partial charge in [-0.15, -0.1) is 0 Å². The van der Waals surface area contributed by atoms with Crippen molar-refractivity contribution in [3.05, 3.63) is 35.9 Å². The minimum atomic E-state index is -3.96. The molecule has 1 aromatic rings. The third kappa shape index (κ3) is 4.97. The lowest BCUT2D eigenvalue weighted by atomic mass is 9.96. The first-order chi connectivity index (χ1) is 11.8. The number of ether oxygens (including phenoxy) is 2. The summed E-state index contributed by atoms with van der Waals surface area (Å²) in [6, 6.07) is 7.09. The van der Waals surface area contributed by atoms with Gasteiger partial charge in [-0.3, -0.25) is 8.98 Å². The molecular formula is C15H21NO8S. The van der Waals surface area contributed by atoms with Gasteiger partial charge in [0.25, 0.3) is 16.0 Å². The quantitative estimate of drug-likeness (QED) is 0.532. The van der Waals surface area contributed by atoms with E-state index in [0.29, 0.717) is 5.56 Å². The van der Waals surface area contributed by atoms with E-state index >= 15 is 0 Å². The van der Waals surface area contributed by atoms with Crippen molar-refractivity contribution in [2.75, 3.05) is 20.0 Å². The van der Waals surface area contributed by atoms with Crippen molar-refractivity contribution in [1.29, 1.82) is 0 Å². The molecule has 1 fully saturated rings. The maximum absolute atomic E-state index is 12.4. The summed E-state index contributed by atoms with van der Waals surface area (Å²) in [5.74, 6) is -0.520. The molecule has 9 nitrogen and oxygen atoms in total. The summed E-state index contributed by atoms with van der Waals surface area (Å²) in [6.45, 7) is -0.579. The Balaban J connectivity index is 2.29. The van der Waals surface area contributed by atoms with Gasteiger partial charge in [0.1, 0.15) is 24.4 Å². The molecule has 0 aliphatic carbocycles. The summed E-state index contributed by atoms with van der Waals surface area (Å²) in [7, 11) is -2.67. The molecule has 0 aromatic heterocycles. The van der Waals surface area contributed by atoms with Gasteiger partial charge < -0.3 is 25.0 Å². The van der Waals surface area contributed by atoms with Crippen LogP contribution >= 0.6 is 0 Å². The van der Waals surface area contributed by atoms with Crippen molar-refractivity contribution in [2.45, 2.75) is 30.6 Å². The van der Waals surface area contributed by atoms with E-state index in [1.807, 2.05) is 0 Å². The molecule has 2 rings (SSSR count). The van der Waals surface area contributed by atoms with Gasteiger partial charge in [0.2, 0.25) is 0 Å². The molecule has 0 bridgehead atoms. The minimum Gasteiger partial charge on any atom is -0.394 e. The van der Waals surface area contributed by atoms with Crippen LogP contribution in [0.3, 0.4) is 0 Å². The lowest BCUT2D eigenvalue weighted by Gasteiger charge is -2.43. The van der Waals surface area contributed by atoms with Crippen LogP contribution in [0.4, 0.5) is 0 Å². The Labute approximate surface area is 145 Å². The molecule has 3 N–H and O–H groups in total. The Kier molecular flexibility index (Phi) is 6.49. The van der Waals surface area contributed by atoms with Gasteiger partial charge in [-0.2, -0.15) is 8.42 Å². The maximum atomic E-state index is 12.4. The van der Waals surface area contributed by atoms with Crippen LogP contribution in [0.25, 0.3) is 0 Å². The summed E-state index contributed by atoms with van der Waals surface area (Å²) in [6.07, 6.45) is -4.31. The van der Waals surface area contributed by atoms with Crippen molar-refractivity contribution in [1.82, 2.24) is 5.32 Å². The fourth-order valence-electron chi connectivity index (χ4n) is 2.56. The third-order valence-corrected chi connectivity index (χ3v) is 4.28. The number of benzene rings is 1. The molecule has 1 aliphatic rings. The first kappa shape index (κ1) is 19.8. The van der Waals surface area contributed by atoms with E-state index in [1.165, 1.54) is 7.11 Å². The van der Waals surface area contributed by atoms with E-state index in [1.54, 1.807) is 30.3 Å². The smallest absolute Gasteiger partial charge is 0.264 e. The van der Waals surface area contributed by atoms with Crippen LogP contribution in [0, 0.1) is 0 Å². The standard InChI is InChI=1S/C15H21NO8S/c1-22-15-11(16-14(19)9-6-4-3-5-7-9)13(24-25(2,20)21)12(18)10(8-17)23-15/h3-7,10-13,15,17-18H,8H2,1-2H3,(H,16,19)/t10-,11-,12+,13-,15+/m0/s1. The van der Waals surface area contributed by atoms with E-state index in [0.717, 1.165) is 6.26 Å². The number of methoxy groups -OCH3 is 1. The first-order valence-corrected chi connectivity index (χ1v) is 9.30. The Morgan fingerprint density at radius 3 is 2.48 bits per heavy atom. The number of carbonyl (C=O) groups is 1. The van der Waals surface area contributed by atoms with Crippen LogP contribution in [-0.4, -0.2) is 75.2 Å². The average molecular weight is 375 g/mol. The fourth-order valence-corrected chi connectivity index (χ4v) is 3.20. The van der Waals surface area contributed by atoms with E-state index in [-0.39, 0.29) is 0 Å². The second kappa shape index (κ2) is 8.21. The summed E-state index contributed by atoms with van der Waals surface area (Å²) in [5.41, 5.74) is 0.328. The second-order valence-electron chi connectivity index (χ2n) is 5.58. The average Bonchev–Trinajstić information content (AvgIpc) is 2.58. The van der Waals surface area contributed by atoms with Gasteiger partial charge in [0.15, 0.2) is 6.29 Å². The molecule has 0 unspecified atom stereocenters. The second-order valence-corrected chi connectivity index (χ2v) is 7.18. The molecule has 1 amide bonds. The highest BCUT2D eigenvalue weighted by atomic mass is 32.2. The lowest BCUT2D eigenvalue weighted by molar-refractivity contribution is -0.256. The van der Waals surface area contributed by atoms with Crippen LogP contribution in [0.5, 0.6) is 0 Å². The number of hydrogen-bond acceptors (Lipinski definition) is 8. The topological polar surface area (TPSA) is 131 Å². The highest BCUT2D eigenvalue weighted by molar-refractivity contribution is 7.86. The summed E-state index contributed by atoms with van der Waals surface area (Å²) >= 11 is 0. The Hall–Kier alpha value is -1.56. The van der Waals surface area contributed by atoms with E-state index in [2.05, 4.69) is 5.32 Å². The van der Waals surface area contributed by atoms with Crippen LogP contribution in [0.2, 0.25) is 0 Å². The molecule has 0 spiro atoms. The number of aliphatic hydroxyl groups is 2. The summed E-state index contributed by atoms with van der Waals surface area (Å²) < 4.78 is 38.5. The number of amides is 1. The highest BCUT2D eigenvalue weighted by Crippen LogP contribution is 2.25. The van der Waals surface area contributed by atoms with Crippen LogP contribution in [0.15, 0.2) is 30.3 Å². The van der Waals surface area contributed by atoms with Crippen molar-refractivity contribution >= 4 is 16.0 Å². The van der Waals surface area contributed by atoms with Gasteiger partial charge >= 0.3 is 0 Å². The molecule has 1 aromatic carbocycles. The monoisotopic (exact) mass is 375 g/mol. The molecule has 1 heterocycles. The van der Waals surface area contributed by atoms with Crippen molar-refractivity contribution in [3.63, 3.8) is 0 Å². The Bertz CT molecular complexity index is 680. The summed E-state index contributed by atoms with van der Waals surface area (Å²) in [4.78, 5) is 12.4. The molecule has 0 saturated carbocycles. The molecule has 1 saturated heterocycles. The van der Waals surface area contributed by atoms with Gasteiger partial charge in [-0.05, 0) is 12.1 Å². The fraction of sp³-hybridized carbons (Fsp3) is 0.533. The van der Waals surface area contributed by atoms with Crippen molar-refractivity contribution in [3.8, 4) is 0 Å². The lowest BCUT2D eigenvalue weighted by Crippen LogP contribution is -2.65. The molecule has 140 valence electrons. The van der Waals surface area contributed by atoms with Gasteiger partial charge in [0.05, 0.1) is 12.9 Å². The SMILES string of the molecule is CO[C@@H]1O[C@@H](CO)[C@@H](O)[C@@H](OS(C)(=O)=O)[C@@H]1NC(=O)c1ccccc1. The highest BCUT2D eigenvalue weighted by Gasteiger charge is 2.48. The number of rotatable bonds is 6. The third-order valence-electron chi connectivity index (χ3n) is 3.71. The van der Waals surface area contributed by atoms with E-state index < -0.39 is 53.3 Å². The Morgan fingerprint density at radius 2 is 1.96 bits per heavy atom. The molecule has 10 heteroatoms. The minimum absolute atomic E-state index is 0.328. The number of aliphatic hydroxyl groups excluding tert-OH is 2. The zero-order valence-electron chi connectivity index (χ0n) is 13.7. The predicted octanol–water partition coefficient (Wildman–Crippen LogP) is -1.15. The first-order valence-electron chi connectivity index (χ1n) is 7.48. The van der Waals surface area contributed by atoms with Crippen molar-refractivity contribution < 1.29 is 37.1 Å². The van der Waals surface area contributed by atoms with Gasteiger partial charge in [-0.1, -0.05) is 18.2 Å². The zero-order chi connectivity index (χ0) is 18.6. The number of hydrogen-bond donors (Lipinski definition) is 3. The zero-order valence-corrected chi connectivity index (χ0v) is 14.5. The van der Waals surface area contributed by atoms with Crippen molar-refractivity contribution in [2.24, 2.45) is 0 Å². The van der Waals surface area contributed by atoms with Gasteiger partial charge in [0, 0.05) is 12.7 Å². The summed E-state index contributed by atoms with van der Waals surface area (Å²) in [5, 5.41) is 22.1. The predicted molar refractivity (Wildman–Crippen MR) is 86.2 cm³/mol. The van der Waals surface area contributed by atoms with E-state index in [9.17, 15) is 23.4 Å². The van der Waals surface area contributed by atoms with Gasteiger partial charge in [-0.25, -0.2) is 0 Å². The number of carbonyl (C=O) groups excluding carboxylic acids is 1. The molecular weight excluding hydrogens is 354 g/mol. The molecule has 25 heavy (non-hydrogen) atoms. The molecule has 1 aliphatic heterocycles. The Morgan fingerprint density at radius 1 is 1.32 bits per heavy atom. The maximum Gasteiger partial charge on any atom is 0.264 e. The largest absolute Gasteiger partial charge is 0.394 e. The molecule has 5 atom stereocenters. The van der Waals surface area contributed by atoms with Crippen LogP contribution < -0.4 is 5.32 Å². The van der Waals surface area contributed by atoms with Crippen LogP contribution in [0.1, 0.15) is 10.4 Å².